The van der Waals surface area contributed by atoms with E-state index in [1.165, 1.54) is 0 Å². The third kappa shape index (κ3) is 2.76. The van der Waals surface area contributed by atoms with E-state index in [4.69, 9.17) is 28.9 Å². The van der Waals surface area contributed by atoms with E-state index in [2.05, 4.69) is 17.2 Å². The lowest BCUT2D eigenvalue weighted by molar-refractivity contribution is 0.613. The van der Waals surface area contributed by atoms with Crippen molar-refractivity contribution in [2.24, 2.45) is 0 Å². The molecule has 0 aliphatic carbocycles. The van der Waals surface area contributed by atoms with Gasteiger partial charge in [-0.3, -0.25) is 0 Å². The number of hydrogen-bond donors (Lipinski definition) is 1. The lowest BCUT2D eigenvalue weighted by atomic mass is 10.2. The summed E-state index contributed by atoms with van der Waals surface area (Å²) in [6.45, 7) is 2.69. The average molecular weight is 285 g/mol. The molecule has 1 aromatic carbocycles. The van der Waals surface area contributed by atoms with Crippen LogP contribution in [0.3, 0.4) is 0 Å². The molecule has 0 atom stereocenters. The Morgan fingerprint density at radius 3 is 2.72 bits per heavy atom. The number of nitrogen functional groups attached to an aromatic ring is 1. The summed E-state index contributed by atoms with van der Waals surface area (Å²) in [5.74, 6) is 0.497. The molecule has 1 aromatic heterocycles. The van der Waals surface area contributed by atoms with Crippen LogP contribution in [-0.4, -0.2) is 15.0 Å². The Bertz CT molecular complexity index is 551. The van der Waals surface area contributed by atoms with Gasteiger partial charge in [-0.25, -0.2) is 4.68 Å². The highest BCUT2D eigenvalue weighted by molar-refractivity contribution is 6.42. The molecule has 0 saturated heterocycles. The maximum atomic E-state index is 5.98. The van der Waals surface area contributed by atoms with Gasteiger partial charge in [0.15, 0.2) is 5.82 Å². The molecule has 0 amide bonds. The first-order chi connectivity index (χ1) is 8.61. The molecule has 0 radical (unpaired) electrons. The van der Waals surface area contributed by atoms with Gasteiger partial charge in [-0.1, -0.05) is 47.8 Å². The molecular formula is C12H14Cl2N4. The smallest absolute Gasteiger partial charge is 0.169 e. The topological polar surface area (TPSA) is 56.7 Å². The van der Waals surface area contributed by atoms with Crippen molar-refractivity contribution in [1.29, 1.82) is 0 Å². The van der Waals surface area contributed by atoms with Crippen LogP contribution in [0.1, 0.15) is 24.6 Å². The van der Waals surface area contributed by atoms with Gasteiger partial charge >= 0.3 is 0 Å². The molecule has 0 aliphatic rings. The van der Waals surface area contributed by atoms with Crippen molar-refractivity contribution >= 4 is 29.0 Å². The van der Waals surface area contributed by atoms with E-state index < -0.39 is 0 Å². The van der Waals surface area contributed by atoms with Crippen molar-refractivity contribution in [3.63, 3.8) is 0 Å². The number of benzene rings is 1. The molecule has 6 heteroatoms. The molecule has 0 unspecified atom stereocenters. The molecule has 0 aliphatic heterocycles. The minimum atomic E-state index is 0.497. The van der Waals surface area contributed by atoms with Gasteiger partial charge in [0.05, 0.1) is 22.3 Å². The second-order valence-corrected chi connectivity index (χ2v) is 4.89. The van der Waals surface area contributed by atoms with Gasteiger partial charge in [-0.15, -0.1) is 5.10 Å². The summed E-state index contributed by atoms with van der Waals surface area (Å²) in [6.07, 6.45) is 1.86. The third-order valence-corrected chi connectivity index (χ3v) is 3.41. The summed E-state index contributed by atoms with van der Waals surface area (Å²) in [5.41, 5.74) is 7.78. The number of rotatable bonds is 4. The molecule has 0 spiro atoms. The summed E-state index contributed by atoms with van der Waals surface area (Å²) < 4.78 is 1.80. The standard InChI is InChI=1S/C12H14Cl2N4/c1-2-3-11-12(15)16-17-18(11)7-8-4-5-9(13)10(14)6-8/h4-6H,2-3,7,15H2,1H3. The summed E-state index contributed by atoms with van der Waals surface area (Å²) in [6, 6.07) is 5.53. The SMILES string of the molecule is CCCc1c(N)nnn1Cc1ccc(Cl)c(Cl)c1. The number of halogens is 2. The van der Waals surface area contributed by atoms with Gasteiger partial charge in [0, 0.05) is 0 Å². The van der Waals surface area contributed by atoms with Crippen LogP contribution >= 0.6 is 23.2 Å². The van der Waals surface area contributed by atoms with Crippen LogP contribution in [0, 0.1) is 0 Å². The molecule has 0 bridgehead atoms. The molecule has 0 fully saturated rings. The first-order valence-corrected chi connectivity index (χ1v) is 6.49. The third-order valence-electron chi connectivity index (χ3n) is 2.67. The molecule has 2 rings (SSSR count). The fraction of sp³-hybridized carbons (Fsp3) is 0.333. The number of hydrogen-bond acceptors (Lipinski definition) is 3. The minimum absolute atomic E-state index is 0.497. The number of aromatic nitrogens is 3. The second-order valence-electron chi connectivity index (χ2n) is 4.08. The van der Waals surface area contributed by atoms with E-state index in [1.807, 2.05) is 12.1 Å². The zero-order valence-corrected chi connectivity index (χ0v) is 11.5. The summed E-state index contributed by atoms with van der Waals surface area (Å²) in [4.78, 5) is 0. The van der Waals surface area contributed by atoms with Gasteiger partial charge < -0.3 is 5.73 Å². The lowest BCUT2D eigenvalue weighted by Gasteiger charge is -2.07. The van der Waals surface area contributed by atoms with Crippen LogP contribution in [0.5, 0.6) is 0 Å². The minimum Gasteiger partial charge on any atom is -0.381 e. The fourth-order valence-electron chi connectivity index (χ4n) is 1.78. The van der Waals surface area contributed by atoms with Crippen molar-refractivity contribution in [3.05, 3.63) is 39.5 Å². The van der Waals surface area contributed by atoms with E-state index in [-0.39, 0.29) is 0 Å². The van der Waals surface area contributed by atoms with Crippen molar-refractivity contribution in [1.82, 2.24) is 15.0 Å². The van der Waals surface area contributed by atoms with Gasteiger partial charge in [0.1, 0.15) is 0 Å². The highest BCUT2D eigenvalue weighted by atomic mass is 35.5. The van der Waals surface area contributed by atoms with Crippen LogP contribution in [0.2, 0.25) is 10.0 Å². The average Bonchev–Trinajstić information content (AvgIpc) is 2.67. The Hall–Kier alpha value is -1.26. The van der Waals surface area contributed by atoms with E-state index in [9.17, 15) is 0 Å². The molecule has 96 valence electrons. The van der Waals surface area contributed by atoms with Crippen molar-refractivity contribution in [2.45, 2.75) is 26.3 Å². The van der Waals surface area contributed by atoms with Crippen LogP contribution < -0.4 is 5.73 Å². The van der Waals surface area contributed by atoms with Gasteiger partial charge in [-0.2, -0.15) is 0 Å². The maximum Gasteiger partial charge on any atom is 0.169 e. The number of anilines is 1. The molecule has 2 aromatic rings. The van der Waals surface area contributed by atoms with Crippen molar-refractivity contribution < 1.29 is 0 Å². The summed E-state index contributed by atoms with van der Waals surface area (Å²) in [7, 11) is 0. The molecule has 18 heavy (non-hydrogen) atoms. The van der Waals surface area contributed by atoms with Gasteiger partial charge in [0.2, 0.25) is 0 Å². The number of nitrogens with two attached hydrogens (primary N) is 1. The predicted molar refractivity (Wildman–Crippen MR) is 74.0 cm³/mol. The normalized spacial score (nSPS) is 10.8. The maximum absolute atomic E-state index is 5.98. The highest BCUT2D eigenvalue weighted by Gasteiger charge is 2.10. The summed E-state index contributed by atoms with van der Waals surface area (Å²) >= 11 is 11.9. The Balaban J connectivity index is 2.25. The van der Waals surface area contributed by atoms with E-state index in [0.29, 0.717) is 22.4 Å². The Morgan fingerprint density at radius 1 is 1.28 bits per heavy atom. The Labute approximate surface area is 116 Å². The van der Waals surface area contributed by atoms with Crippen LogP contribution in [0.25, 0.3) is 0 Å². The lowest BCUT2D eigenvalue weighted by Crippen LogP contribution is -2.07. The fourth-order valence-corrected chi connectivity index (χ4v) is 2.10. The molecule has 4 nitrogen and oxygen atoms in total. The van der Waals surface area contributed by atoms with Crippen LogP contribution in [0.4, 0.5) is 5.82 Å². The zero-order chi connectivity index (χ0) is 13.1. The predicted octanol–water partition coefficient (Wildman–Crippen LogP) is 3.17. The number of nitrogens with zero attached hydrogens (tertiary/aromatic N) is 3. The monoisotopic (exact) mass is 284 g/mol. The summed E-state index contributed by atoms with van der Waals surface area (Å²) in [5, 5.41) is 9.04. The van der Waals surface area contributed by atoms with E-state index in [0.717, 1.165) is 24.1 Å². The second kappa shape index (κ2) is 5.59. The molecule has 0 saturated carbocycles. The van der Waals surface area contributed by atoms with Crippen LogP contribution in [0.15, 0.2) is 18.2 Å². The van der Waals surface area contributed by atoms with E-state index in [1.54, 1.807) is 10.7 Å². The Kier molecular flexibility index (Phi) is 4.09. The highest BCUT2D eigenvalue weighted by Crippen LogP contribution is 2.23. The zero-order valence-electron chi connectivity index (χ0n) is 10.0. The van der Waals surface area contributed by atoms with Gasteiger partial charge in [0.25, 0.3) is 0 Å². The largest absolute Gasteiger partial charge is 0.381 e. The molecule has 1 heterocycles. The van der Waals surface area contributed by atoms with Crippen LogP contribution in [-0.2, 0) is 13.0 Å². The van der Waals surface area contributed by atoms with Gasteiger partial charge in [-0.05, 0) is 24.1 Å². The molecular weight excluding hydrogens is 271 g/mol. The van der Waals surface area contributed by atoms with Crippen molar-refractivity contribution in [3.8, 4) is 0 Å². The first kappa shape index (κ1) is 13.2. The molecule has 2 N–H and O–H groups in total. The van der Waals surface area contributed by atoms with E-state index >= 15 is 0 Å². The quantitative estimate of drug-likeness (QED) is 0.938. The van der Waals surface area contributed by atoms with Crippen molar-refractivity contribution in [2.75, 3.05) is 5.73 Å². The first-order valence-electron chi connectivity index (χ1n) is 5.73. The Morgan fingerprint density at radius 2 is 2.06 bits per heavy atom.